The Morgan fingerprint density at radius 2 is 1.64 bits per heavy atom. The summed E-state index contributed by atoms with van der Waals surface area (Å²) < 4.78 is 0. The highest BCUT2D eigenvalue weighted by Gasteiger charge is 2.14. The lowest BCUT2D eigenvalue weighted by molar-refractivity contribution is -0.120. The van der Waals surface area contributed by atoms with Gasteiger partial charge in [-0.2, -0.15) is 0 Å². The zero-order valence-electron chi connectivity index (χ0n) is 13.4. The van der Waals surface area contributed by atoms with Crippen LogP contribution < -0.4 is 16.4 Å². The number of hydrogen-bond acceptors (Lipinski definition) is 3. The first-order valence-electron chi connectivity index (χ1n) is 7.20. The van der Waals surface area contributed by atoms with Crippen LogP contribution in [0.25, 0.3) is 0 Å². The molecule has 1 rings (SSSR count). The lowest BCUT2D eigenvalue weighted by Gasteiger charge is -2.19. The summed E-state index contributed by atoms with van der Waals surface area (Å²) in [7, 11) is 0. The monoisotopic (exact) mass is 327 g/mol. The first-order chi connectivity index (χ1) is 9.84. The van der Waals surface area contributed by atoms with Crippen LogP contribution in [-0.2, 0) is 10.2 Å². The minimum Gasteiger partial charge on any atom is -0.355 e. The fourth-order valence-electron chi connectivity index (χ4n) is 1.81. The molecule has 0 unspecified atom stereocenters. The van der Waals surface area contributed by atoms with Gasteiger partial charge in [0, 0.05) is 31.6 Å². The van der Waals surface area contributed by atoms with Crippen LogP contribution in [-0.4, -0.2) is 31.4 Å². The summed E-state index contributed by atoms with van der Waals surface area (Å²) in [5.41, 5.74) is 7.14. The Morgan fingerprint density at radius 1 is 1.05 bits per heavy atom. The van der Waals surface area contributed by atoms with Crippen LogP contribution in [0.15, 0.2) is 24.3 Å². The van der Waals surface area contributed by atoms with Gasteiger partial charge in [-0.25, -0.2) is 0 Å². The van der Waals surface area contributed by atoms with Gasteiger partial charge in [0.15, 0.2) is 0 Å². The van der Waals surface area contributed by atoms with Crippen LogP contribution in [0, 0.1) is 0 Å². The molecule has 5 nitrogen and oxygen atoms in total. The molecule has 1 aromatic carbocycles. The topological polar surface area (TPSA) is 84.2 Å². The molecule has 4 N–H and O–H groups in total. The summed E-state index contributed by atoms with van der Waals surface area (Å²) in [4.78, 5) is 23.3. The second-order valence-electron chi connectivity index (χ2n) is 5.97. The van der Waals surface area contributed by atoms with E-state index >= 15 is 0 Å². The molecule has 0 aliphatic heterocycles. The quantitative estimate of drug-likeness (QED) is 0.742. The number of halogens is 1. The Morgan fingerprint density at radius 3 is 2.14 bits per heavy atom. The van der Waals surface area contributed by atoms with E-state index in [1.54, 1.807) is 0 Å². The Balaban J connectivity index is 0.00000441. The molecular weight excluding hydrogens is 302 g/mol. The first-order valence-corrected chi connectivity index (χ1v) is 7.20. The summed E-state index contributed by atoms with van der Waals surface area (Å²) in [5.74, 6) is -0.272. The van der Waals surface area contributed by atoms with E-state index in [2.05, 4.69) is 31.4 Å². The largest absolute Gasteiger partial charge is 0.355 e. The van der Waals surface area contributed by atoms with Gasteiger partial charge in [0.1, 0.15) is 0 Å². The molecule has 124 valence electrons. The first kappa shape index (κ1) is 20.4. The van der Waals surface area contributed by atoms with Crippen LogP contribution in [0.4, 0.5) is 0 Å². The van der Waals surface area contributed by atoms with Gasteiger partial charge in [-0.15, -0.1) is 12.4 Å². The van der Waals surface area contributed by atoms with Gasteiger partial charge in [0.25, 0.3) is 5.91 Å². The van der Waals surface area contributed by atoms with E-state index in [1.807, 2.05) is 24.3 Å². The minimum absolute atomic E-state index is 0. The molecule has 0 fully saturated rings. The van der Waals surface area contributed by atoms with Crippen LogP contribution in [0.5, 0.6) is 0 Å². The average molecular weight is 328 g/mol. The maximum absolute atomic E-state index is 11.9. The van der Waals surface area contributed by atoms with Crippen molar-refractivity contribution < 1.29 is 9.59 Å². The van der Waals surface area contributed by atoms with Crippen molar-refractivity contribution >= 4 is 24.2 Å². The molecule has 22 heavy (non-hydrogen) atoms. The number of nitrogens with one attached hydrogen (secondary N) is 2. The zero-order chi connectivity index (χ0) is 15.9. The van der Waals surface area contributed by atoms with Crippen molar-refractivity contribution in [3.8, 4) is 0 Å². The maximum Gasteiger partial charge on any atom is 0.251 e. The lowest BCUT2D eigenvalue weighted by atomic mass is 9.87. The standard InChI is InChI=1S/C16H25N3O2.ClH/c1-16(2,3)13-6-4-12(5-7-13)15(21)19-10-8-14(20)18-11-9-17;/h4-7H,8-11,17H2,1-3H3,(H,18,20)(H,19,21);1H. The van der Waals surface area contributed by atoms with Gasteiger partial charge in [-0.05, 0) is 23.1 Å². The van der Waals surface area contributed by atoms with Gasteiger partial charge < -0.3 is 16.4 Å². The van der Waals surface area contributed by atoms with Crippen LogP contribution in [0.2, 0.25) is 0 Å². The normalized spacial score (nSPS) is 10.5. The van der Waals surface area contributed by atoms with Crippen molar-refractivity contribution in [3.05, 3.63) is 35.4 Å². The Bertz CT molecular complexity index is 481. The molecule has 0 saturated carbocycles. The summed E-state index contributed by atoms with van der Waals surface area (Å²) >= 11 is 0. The highest BCUT2D eigenvalue weighted by atomic mass is 35.5. The molecule has 0 heterocycles. The molecule has 0 saturated heterocycles. The molecule has 1 aromatic rings. The molecule has 0 atom stereocenters. The highest BCUT2D eigenvalue weighted by molar-refractivity contribution is 5.94. The van der Waals surface area contributed by atoms with Crippen molar-refractivity contribution in [1.82, 2.24) is 10.6 Å². The SMILES string of the molecule is CC(C)(C)c1ccc(C(=O)NCCC(=O)NCCN)cc1.Cl. The predicted octanol–water partition coefficient (Wildman–Crippen LogP) is 1.60. The zero-order valence-corrected chi connectivity index (χ0v) is 14.3. The number of amides is 2. The smallest absolute Gasteiger partial charge is 0.251 e. The molecule has 2 amide bonds. The average Bonchev–Trinajstić information content (AvgIpc) is 2.44. The Hall–Kier alpha value is -1.59. The van der Waals surface area contributed by atoms with Crippen LogP contribution in [0.3, 0.4) is 0 Å². The number of hydrogen-bond donors (Lipinski definition) is 3. The van der Waals surface area contributed by atoms with Crippen molar-refractivity contribution in [2.45, 2.75) is 32.6 Å². The van der Waals surface area contributed by atoms with Crippen LogP contribution >= 0.6 is 12.4 Å². The van der Waals surface area contributed by atoms with Crippen LogP contribution in [0.1, 0.15) is 43.1 Å². The molecule has 0 radical (unpaired) electrons. The molecule has 0 aliphatic carbocycles. The second-order valence-corrected chi connectivity index (χ2v) is 5.97. The fourth-order valence-corrected chi connectivity index (χ4v) is 1.81. The number of nitrogens with two attached hydrogens (primary N) is 1. The summed E-state index contributed by atoms with van der Waals surface area (Å²) in [5, 5.41) is 5.39. The molecule has 6 heteroatoms. The van der Waals surface area contributed by atoms with E-state index in [9.17, 15) is 9.59 Å². The molecule has 0 spiro atoms. The van der Waals surface area contributed by atoms with E-state index in [4.69, 9.17) is 5.73 Å². The summed E-state index contributed by atoms with van der Waals surface area (Å²) in [6.07, 6.45) is 0.256. The Labute approximate surface area is 138 Å². The van der Waals surface area contributed by atoms with E-state index in [-0.39, 0.29) is 36.1 Å². The van der Waals surface area contributed by atoms with Gasteiger partial charge in [-0.1, -0.05) is 32.9 Å². The van der Waals surface area contributed by atoms with E-state index < -0.39 is 0 Å². The third-order valence-corrected chi connectivity index (χ3v) is 3.12. The van der Waals surface area contributed by atoms with Crippen molar-refractivity contribution in [2.75, 3.05) is 19.6 Å². The van der Waals surface area contributed by atoms with E-state index in [0.717, 1.165) is 0 Å². The second kappa shape index (κ2) is 9.43. The third kappa shape index (κ3) is 6.91. The van der Waals surface area contributed by atoms with Gasteiger partial charge in [0.05, 0.1) is 0 Å². The van der Waals surface area contributed by atoms with Crippen molar-refractivity contribution in [1.29, 1.82) is 0 Å². The third-order valence-electron chi connectivity index (χ3n) is 3.12. The molecule has 0 aromatic heterocycles. The minimum atomic E-state index is -0.165. The summed E-state index contributed by atoms with van der Waals surface area (Å²) in [6, 6.07) is 7.54. The highest BCUT2D eigenvalue weighted by Crippen LogP contribution is 2.22. The van der Waals surface area contributed by atoms with Gasteiger partial charge in [-0.3, -0.25) is 9.59 Å². The fraction of sp³-hybridized carbons (Fsp3) is 0.500. The number of benzene rings is 1. The number of carbonyl (C=O) groups is 2. The van der Waals surface area contributed by atoms with Crippen molar-refractivity contribution in [3.63, 3.8) is 0 Å². The number of carbonyl (C=O) groups excluding carboxylic acids is 2. The predicted molar refractivity (Wildman–Crippen MR) is 91.4 cm³/mol. The Kier molecular flexibility index (Phi) is 8.75. The lowest BCUT2D eigenvalue weighted by Crippen LogP contribution is -2.33. The maximum atomic E-state index is 11.9. The molecular formula is C16H26ClN3O2. The van der Waals surface area contributed by atoms with E-state index in [1.165, 1.54) is 5.56 Å². The molecule has 0 bridgehead atoms. The number of rotatable bonds is 6. The van der Waals surface area contributed by atoms with Gasteiger partial charge >= 0.3 is 0 Å². The summed E-state index contributed by atoms with van der Waals surface area (Å²) in [6.45, 7) is 7.57. The van der Waals surface area contributed by atoms with Crippen molar-refractivity contribution in [2.24, 2.45) is 5.73 Å². The van der Waals surface area contributed by atoms with E-state index in [0.29, 0.717) is 25.2 Å². The molecule has 0 aliphatic rings. The van der Waals surface area contributed by atoms with Gasteiger partial charge in [0.2, 0.25) is 5.91 Å².